The number of allylic oxidation sites excluding steroid dienone is 1. The summed E-state index contributed by atoms with van der Waals surface area (Å²) in [5.74, 6) is 2.59. The number of carbonyl (C=O) groups excluding carboxylic acids is 1. The molecule has 2 aromatic carbocycles. The molecule has 7 nitrogen and oxygen atoms in total. The van der Waals surface area contributed by atoms with Crippen LogP contribution >= 0.6 is 27.7 Å². The molecule has 1 aromatic heterocycles. The number of thioether (sulfide) groups is 1. The molecule has 0 unspecified atom stereocenters. The van der Waals surface area contributed by atoms with Crippen LogP contribution in [0.5, 0.6) is 11.5 Å². The van der Waals surface area contributed by atoms with Crippen molar-refractivity contribution >= 4 is 39.3 Å². The van der Waals surface area contributed by atoms with Gasteiger partial charge < -0.3 is 14.8 Å². The Labute approximate surface area is 186 Å². The first-order chi connectivity index (χ1) is 14.6. The molecule has 1 N–H and O–H groups in total. The van der Waals surface area contributed by atoms with Crippen molar-refractivity contribution in [3.63, 3.8) is 0 Å². The number of anilines is 1. The normalized spacial score (nSPS) is 12.0. The van der Waals surface area contributed by atoms with Gasteiger partial charge in [-0.05, 0) is 24.3 Å². The van der Waals surface area contributed by atoms with E-state index in [0.717, 1.165) is 21.0 Å². The molecular weight excluding hydrogens is 468 g/mol. The van der Waals surface area contributed by atoms with E-state index >= 15 is 0 Å². The highest BCUT2D eigenvalue weighted by molar-refractivity contribution is 9.10. The number of ether oxygens (including phenoxy) is 2. The highest BCUT2D eigenvalue weighted by atomic mass is 79.9. The van der Waals surface area contributed by atoms with Gasteiger partial charge in [-0.3, -0.25) is 9.36 Å². The third-order valence-corrected chi connectivity index (χ3v) is 5.84. The Balaban J connectivity index is 1.37. The Bertz CT molecular complexity index is 1070. The lowest BCUT2D eigenvalue weighted by Crippen LogP contribution is -2.12. The standard InChI is InChI=1S/C21H19BrN4O3S/c1-2-10-26-20(14-3-5-15(22)6-4-14)24-25-21(26)30-11-9-19(27)23-16-7-8-17-18(12-16)29-13-28-17/h2-8,12H,1,9-11,13H2,(H,23,27). The number of halogens is 1. The monoisotopic (exact) mass is 486 g/mol. The van der Waals surface area contributed by atoms with E-state index in [4.69, 9.17) is 9.47 Å². The topological polar surface area (TPSA) is 78.3 Å². The Hall–Kier alpha value is -2.78. The molecule has 0 saturated carbocycles. The second-order valence-electron chi connectivity index (χ2n) is 6.43. The average Bonchev–Trinajstić information content (AvgIpc) is 3.36. The lowest BCUT2D eigenvalue weighted by atomic mass is 10.2. The highest BCUT2D eigenvalue weighted by Crippen LogP contribution is 2.34. The van der Waals surface area contributed by atoms with E-state index in [1.165, 1.54) is 11.8 Å². The zero-order chi connectivity index (χ0) is 20.9. The van der Waals surface area contributed by atoms with Gasteiger partial charge in [0.05, 0.1) is 0 Å². The fraction of sp³-hybridized carbons (Fsp3) is 0.190. The second kappa shape index (κ2) is 9.36. The Kier molecular flexibility index (Phi) is 6.39. The highest BCUT2D eigenvalue weighted by Gasteiger charge is 2.16. The van der Waals surface area contributed by atoms with Crippen LogP contribution in [0.25, 0.3) is 11.4 Å². The SMILES string of the molecule is C=CCn1c(SCCC(=O)Nc2ccc3c(c2)OCO3)nnc1-c1ccc(Br)cc1. The van der Waals surface area contributed by atoms with E-state index in [1.807, 2.05) is 34.9 Å². The van der Waals surface area contributed by atoms with Crippen LogP contribution in [0.4, 0.5) is 5.69 Å². The predicted octanol–water partition coefficient (Wildman–Crippen LogP) is 4.74. The van der Waals surface area contributed by atoms with Crippen LogP contribution in [-0.4, -0.2) is 33.2 Å². The first-order valence-corrected chi connectivity index (χ1v) is 11.0. The van der Waals surface area contributed by atoms with Crippen molar-refractivity contribution in [3.8, 4) is 22.9 Å². The van der Waals surface area contributed by atoms with Crippen molar-refractivity contribution in [1.29, 1.82) is 0 Å². The molecule has 0 radical (unpaired) electrons. The number of hydrogen-bond acceptors (Lipinski definition) is 6. The van der Waals surface area contributed by atoms with E-state index < -0.39 is 0 Å². The quantitative estimate of drug-likeness (QED) is 0.365. The Morgan fingerprint density at radius 2 is 2.00 bits per heavy atom. The van der Waals surface area contributed by atoms with E-state index in [-0.39, 0.29) is 12.7 Å². The molecule has 0 fully saturated rings. The van der Waals surface area contributed by atoms with Crippen molar-refractivity contribution in [1.82, 2.24) is 14.8 Å². The maximum atomic E-state index is 12.3. The summed E-state index contributed by atoms with van der Waals surface area (Å²) in [4.78, 5) is 12.3. The molecule has 154 valence electrons. The minimum absolute atomic E-state index is 0.0794. The van der Waals surface area contributed by atoms with Gasteiger partial charge in [0, 0.05) is 40.5 Å². The summed E-state index contributed by atoms with van der Waals surface area (Å²) < 4.78 is 13.6. The van der Waals surface area contributed by atoms with E-state index in [2.05, 4.69) is 38.0 Å². The molecule has 0 spiro atoms. The first kappa shape index (κ1) is 20.5. The summed E-state index contributed by atoms with van der Waals surface area (Å²) in [6.07, 6.45) is 2.15. The number of nitrogens with zero attached hydrogens (tertiary/aromatic N) is 3. The number of carbonyl (C=O) groups is 1. The van der Waals surface area contributed by atoms with E-state index in [9.17, 15) is 4.79 Å². The maximum absolute atomic E-state index is 12.3. The van der Waals surface area contributed by atoms with Gasteiger partial charge >= 0.3 is 0 Å². The van der Waals surface area contributed by atoms with Gasteiger partial charge in [-0.2, -0.15) is 0 Å². The summed E-state index contributed by atoms with van der Waals surface area (Å²) >= 11 is 4.94. The third kappa shape index (κ3) is 4.68. The van der Waals surface area contributed by atoms with Crippen LogP contribution in [-0.2, 0) is 11.3 Å². The molecule has 4 rings (SSSR count). The average molecular weight is 487 g/mol. The lowest BCUT2D eigenvalue weighted by Gasteiger charge is -2.08. The van der Waals surface area contributed by atoms with Crippen LogP contribution in [0.3, 0.4) is 0 Å². The number of benzene rings is 2. The molecule has 0 saturated heterocycles. The summed E-state index contributed by atoms with van der Waals surface area (Å²) in [6.45, 7) is 4.62. The van der Waals surface area contributed by atoms with Crippen LogP contribution in [0, 0.1) is 0 Å². The smallest absolute Gasteiger partial charge is 0.231 e. The summed E-state index contributed by atoms with van der Waals surface area (Å²) in [6, 6.07) is 13.3. The van der Waals surface area contributed by atoms with Crippen molar-refractivity contribution < 1.29 is 14.3 Å². The Morgan fingerprint density at radius 1 is 1.20 bits per heavy atom. The molecule has 30 heavy (non-hydrogen) atoms. The van der Waals surface area contributed by atoms with Gasteiger partial charge in [-0.15, -0.1) is 16.8 Å². The third-order valence-electron chi connectivity index (χ3n) is 4.35. The van der Waals surface area contributed by atoms with Crippen LogP contribution in [0.15, 0.2) is 64.7 Å². The molecule has 0 aliphatic carbocycles. The second-order valence-corrected chi connectivity index (χ2v) is 8.40. The number of amides is 1. The Morgan fingerprint density at radius 3 is 2.80 bits per heavy atom. The predicted molar refractivity (Wildman–Crippen MR) is 120 cm³/mol. The van der Waals surface area contributed by atoms with Gasteiger partial charge in [-0.1, -0.05) is 45.9 Å². The summed E-state index contributed by atoms with van der Waals surface area (Å²) in [7, 11) is 0. The summed E-state index contributed by atoms with van der Waals surface area (Å²) in [5, 5.41) is 12.3. The number of fused-ring (bicyclic) bond motifs is 1. The van der Waals surface area contributed by atoms with Gasteiger partial charge in [0.15, 0.2) is 22.5 Å². The largest absolute Gasteiger partial charge is 0.454 e. The summed E-state index contributed by atoms with van der Waals surface area (Å²) in [5.41, 5.74) is 1.65. The molecule has 9 heteroatoms. The molecule has 0 atom stereocenters. The first-order valence-electron chi connectivity index (χ1n) is 9.26. The fourth-order valence-corrected chi connectivity index (χ4v) is 4.08. The van der Waals surface area contributed by atoms with Gasteiger partial charge in [-0.25, -0.2) is 0 Å². The van der Waals surface area contributed by atoms with Crippen LogP contribution < -0.4 is 14.8 Å². The molecule has 2 heterocycles. The van der Waals surface area contributed by atoms with Crippen molar-refractivity contribution in [2.75, 3.05) is 17.9 Å². The molecule has 1 amide bonds. The van der Waals surface area contributed by atoms with Gasteiger partial charge in [0.2, 0.25) is 12.7 Å². The minimum Gasteiger partial charge on any atom is -0.454 e. The molecular formula is C21H19BrN4O3S. The fourth-order valence-electron chi connectivity index (χ4n) is 2.93. The maximum Gasteiger partial charge on any atom is 0.231 e. The van der Waals surface area contributed by atoms with Gasteiger partial charge in [0.1, 0.15) is 0 Å². The molecule has 1 aliphatic rings. The van der Waals surface area contributed by atoms with Crippen LogP contribution in [0.1, 0.15) is 6.42 Å². The zero-order valence-corrected chi connectivity index (χ0v) is 18.4. The molecule has 3 aromatic rings. The van der Waals surface area contributed by atoms with Crippen molar-refractivity contribution in [2.24, 2.45) is 0 Å². The number of hydrogen-bond donors (Lipinski definition) is 1. The van der Waals surface area contributed by atoms with E-state index in [1.54, 1.807) is 18.2 Å². The van der Waals surface area contributed by atoms with Crippen molar-refractivity contribution in [3.05, 3.63) is 59.6 Å². The van der Waals surface area contributed by atoms with Crippen molar-refractivity contribution in [2.45, 2.75) is 18.1 Å². The van der Waals surface area contributed by atoms with Crippen LogP contribution in [0.2, 0.25) is 0 Å². The number of aromatic nitrogens is 3. The van der Waals surface area contributed by atoms with Gasteiger partial charge in [0.25, 0.3) is 0 Å². The minimum atomic E-state index is -0.0794. The molecule has 0 bridgehead atoms. The zero-order valence-electron chi connectivity index (χ0n) is 16.0. The lowest BCUT2D eigenvalue weighted by molar-refractivity contribution is -0.115. The van der Waals surface area contributed by atoms with E-state index in [0.29, 0.717) is 35.9 Å². The molecule has 1 aliphatic heterocycles. The number of rotatable bonds is 8. The number of nitrogens with one attached hydrogen (secondary N) is 1.